The van der Waals surface area contributed by atoms with Gasteiger partial charge in [0.2, 0.25) is 0 Å². The number of unbranched alkanes of at least 4 members (excludes halogenated alkanes) is 30. The maximum Gasteiger partial charge on any atom is 0.469 e. The van der Waals surface area contributed by atoms with Crippen LogP contribution in [-0.2, 0) is 28.2 Å². The molecule has 7 N–H and O–H groups in total. The number of carbonyl (C=O) groups is 3. The molecule has 406 valence electrons. The van der Waals surface area contributed by atoms with Crippen molar-refractivity contribution in [3.05, 3.63) is 32.6 Å². The molecule has 1 aromatic heterocycles. The summed E-state index contributed by atoms with van der Waals surface area (Å²) in [6.07, 6.45) is 41.5. The van der Waals surface area contributed by atoms with Gasteiger partial charge in [0.25, 0.3) is 5.56 Å². The third-order valence-corrected chi connectivity index (χ3v) is 12.5. The van der Waals surface area contributed by atoms with Gasteiger partial charge >= 0.3 is 31.4 Å². The molecule has 69 heavy (non-hydrogen) atoms. The number of carboxylic acid groups (broad SMARTS) is 3. The molecule has 2 heterocycles. The Hall–Kier alpha value is -2.88. The number of rotatable bonds is 40. The van der Waals surface area contributed by atoms with E-state index in [9.17, 15) is 33.6 Å². The SMILES string of the molecule is CCCCCCCCCCCCCC(=O)O.CCCCCCCCCCCCCC(=O)O.CCCCCCCCCCCCCC(=O)O.Cc1cn([C@H]2C[C@H](O)[C@@H](COP(=O)(O)O)O2)c(=O)[nH]c1=O. The Balaban J connectivity index is 0. The summed E-state index contributed by atoms with van der Waals surface area (Å²) in [4.78, 5) is 73.1. The number of ether oxygens (including phenoxy) is 1. The molecule has 1 aliphatic heterocycles. The van der Waals surface area contributed by atoms with Gasteiger partial charge in [0.05, 0.1) is 12.7 Å². The Bertz CT molecular complexity index is 1460. The van der Waals surface area contributed by atoms with Crippen LogP contribution in [-0.4, -0.2) is 76.5 Å². The molecular weight excluding hydrogens is 908 g/mol. The summed E-state index contributed by atoms with van der Waals surface area (Å²) in [7, 11) is -4.67. The number of carboxylic acids is 3. The van der Waals surface area contributed by atoms with Crippen molar-refractivity contribution in [1.29, 1.82) is 0 Å². The molecule has 17 heteroatoms. The summed E-state index contributed by atoms with van der Waals surface area (Å²) < 4.78 is 21.4. The average molecular weight is 1010 g/mol. The van der Waals surface area contributed by atoms with Crippen LogP contribution in [0.3, 0.4) is 0 Å². The second-order valence-electron chi connectivity index (χ2n) is 18.7. The molecule has 16 nitrogen and oxygen atoms in total. The summed E-state index contributed by atoms with van der Waals surface area (Å²) in [5.41, 5.74) is -0.918. The fourth-order valence-electron chi connectivity index (χ4n) is 7.83. The van der Waals surface area contributed by atoms with E-state index >= 15 is 0 Å². The number of aliphatic hydroxyl groups excluding tert-OH is 1. The topological polar surface area (TPSA) is 263 Å². The number of hydrogen-bond acceptors (Lipinski definition) is 9. The molecule has 0 aromatic carbocycles. The van der Waals surface area contributed by atoms with Gasteiger partial charge in [0, 0.05) is 37.4 Å². The Morgan fingerprint density at radius 3 is 1.14 bits per heavy atom. The lowest BCUT2D eigenvalue weighted by Gasteiger charge is -2.16. The Morgan fingerprint density at radius 1 is 0.580 bits per heavy atom. The standard InChI is InChI=1S/3C14H28O2.C10H15N2O8P/c3*1-2-3-4-5-6-7-8-9-10-11-12-13-14(15)16;1-5-3-12(10(15)11-9(5)14)8-2-6(13)7(20-8)4-19-21(16,17)18/h3*2-13H2,1H3,(H,15,16);3,6-8,13H,2,4H2,1H3,(H,11,14,15)(H2,16,17,18)/t;;;6-,7+,8+/m...0/s1. The van der Waals surface area contributed by atoms with E-state index in [1.165, 1.54) is 186 Å². The number of aliphatic carboxylic acids is 3. The molecular formula is C52H99N2O14P. The van der Waals surface area contributed by atoms with E-state index in [0.717, 1.165) is 43.1 Å². The largest absolute Gasteiger partial charge is 0.481 e. The van der Waals surface area contributed by atoms with Crippen LogP contribution in [0, 0.1) is 6.92 Å². The molecule has 0 amide bonds. The van der Waals surface area contributed by atoms with Crippen molar-refractivity contribution in [3.63, 3.8) is 0 Å². The summed E-state index contributed by atoms with van der Waals surface area (Å²) >= 11 is 0. The summed E-state index contributed by atoms with van der Waals surface area (Å²) in [5, 5.41) is 35.2. The van der Waals surface area contributed by atoms with E-state index < -0.39 is 62.0 Å². The number of hydrogen-bond donors (Lipinski definition) is 7. The summed E-state index contributed by atoms with van der Waals surface area (Å²) in [6, 6.07) is 0. The van der Waals surface area contributed by atoms with Crippen molar-refractivity contribution < 1.29 is 58.4 Å². The van der Waals surface area contributed by atoms with E-state index in [1.54, 1.807) is 0 Å². The van der Waals surface area contributed by atoms with Crippen LogP contribution in [0.25, 0.3) is 0 Å². The van der Waals surface area contributed by atoms with Crippen molar-refractivity contribution in [2.45, 2.75) is 284 Å². The Labute approximate surface area is 415 Å². The highest BCUT2D eigenvalue weighted by Crippen LogP contribution is 2.38. The predicted octanol–water partition coefficient (Wildman–Crippen LogP) is 12.9. The third kappa shape index (κ3) is 47.2. The number of aryl methyl sites for hydroxylation is 1. The maximum absolute atomic E-state index is 11.7. The molecule has 1 aliphatic rings. The van der Waals surface area contributed by atoms with Gasteiger partial charge in [-0.15, -0.1) is 0 Å². The van der Waals surface area contributed by atoms with Crippen molar-refractivity contribution in [1.82, 2.24) is 9.55 Å². The molecule has 2 rings (SSSR count). The van der Waals surface area contributed by atoms with Gasteiger partial charge in [-0.3, -0.25) is 33.3 Å². The molecule has 1 saturated heterocycles. The van der Waals surface area contributed by atoms with Crippen LogP contribution < -0.4 is 11.2 Å². The lowest BCUT2D eigenvalue weighted by atomic mass is 10.1. The normalized spacial score (nSPS) is 15.3. The minimum Gasteiger partial charge on any atom is -0.481 e. The van der Waals surface area contributed by atoms with Gasteiger partial charge < -0.3 is 34.9 Å². The van der Waals surface area contributed by atoms with Crippen LogP contribution in [0.5, 0.6) is 0 Å². The maximum atomic E-state index is 11.7. The van der Waals surface area contributed by atoms with Crippen LogP contribution in [0.15, 0.2) is 15.8 Å². The van der Waals surface area contributed by atoms with Gasteiger partial charge in [-0.05, 0) is 26.2 Å². The number of nitrogens with one attached hydrogen (secondary N) is 1. The van der Waals surface area contributed by atoms with Crippen LogP contribution >= 0.6 is 7.82 Å². The fraction of sp³-hybridized carbons (Fsp3) is 0.865. The molecule has 0 bridgehead atoms. The zero-order valence-electron chi connectivity index (χ0n) is 43.5. The number of phosphoric acid groups is 1. The van der Waals surface area contributed by atoms with Gasteiger partial charge in [-0.25, -0.2) is 9.36 Å². The smallest absolute Gasteiger partial charge is 0.469 e. The number of aromatic nitrogens is 2. The van der Waals surface area contributed by atoms with E-state index in [1.807, 2.05) is 0 Å². The number of nitrogens with zero attached hydrogens (tertiary/aromatic N) is 1. The van der Waals surface area contributed by atoms with Crippen LogP contribution in [0.1, 0.15) is 270 Å². The number of aromatic amines is 1. The highest BCUT2D eigenvalue weighted by molar-refractivity contribution is 7.46. The first kappa shape index (κ1) is 68.2. The summed E-state index contributed by atoms with van der Waals surface area (Å²) in [6.45, 7) is 7.74. The van der Waals surface area contributed by atoms with Gasteiger partial charge in [-0.2, -0.15) is 0 Å². The minimum atomic E-state index is -4.67. The summed E-state index contributed by atoms with van der Waals surface area (Å²) in [5.74, 6) is -1.97. The number of phosphoric ester groups is 1. The zero-order valence-corrected chi connectivity index (χ0v) is 44.4. The van der Waals surface area contributed by atoms with E-state index in [0.29, 0.717) is 24.8 Å². The fourth-order valence-corrected chi connectivity index (χ4v) is 8.17. The number of H-pyrrole nitrogens is 1. The number of aliphatic hydroxyl groups is 1. The van der Waals surface area contributed by atoms with Crippen molar-refractivity contribution in [2.24, 2.45) is 0 Å². The van der Waals surface area contributed by atoms with Crippen molar-refractivity contribution >= 4 is 25.7 Å². The lowest BCUT2D eigenvalue weighted by molar-refractivity contribution is -0.138. The first-order valence-corrected chi connectivity index (χ1v) is 28.5. The molecule has 0 unspecified atom stereocenters. The highest BCUT2D eigenvalue weighted by atomic mass is 31.2. The molecule has 3 atom stereocenters. The molecule has 1 fully saturated rings. The first-order valence-electron chi connectivity index (χ1n) is 27.0. The van der Waals surface area contributed by atoms with E-state index in [2.05, 4.69) is 30.3 Å². The van der Waals surface area contributed by atoms with Gasteiger partial charge in [0.15, 0.2) is 0 Å². The average Bonchev–Trinajstić information content (AvgIpc) is 3.66. The first-order chi connectivity index (χ1) is 33.0. The van der Waals surface area contributed by atoms with Gasteiger partial charge in [0.1, 0.15) is 12.3 Å². The van der Waals surface area contributed by atoms with E-state index in [-0.39, 0.29) is 6.42 Å². The van der Waals surface area contributed by atoms with Crippen molar-refractivity contribution in [3.8, 4) is 0 Å². The van der Waals surface area contributed by atoms with Gasteiger partial charge in [-0.1, -0.05) is 213 Å². The van der Waals surface area contributed by atoms with Crippen LogP contribution in [0.4, 0.5) is 0 Å². The molecule has 0 radical (unpaired) electrons. The second-order valence-corrected chi connectivity index (χ2v) is 20.0. The molecule has 0 aliphatic carbocycles. The molecule has 1 aromatic rings. The monoisotopic (exact) mass is 1010 g/mol. The van der Waals surface area contributed by atoms with E-state index in [4.69, 9.17) is 29.8 Å². The third-order valence-electron chi connectivity index (χ3n) is 12.0. The molecule has 0 saturated carbocycles. The highest BCUT2D eigenvalue weighted by Gasteiger charge is 2.37. The quantitative estimate of drug-likeness (QED) is 0.0238. The Kier molecular flexibility index (Phi) is 46.9. The van der Waals surface area contributed by atoms with Crippen molar-refractivity contribution in [2.75, 3.05) is 6.61 Å². The van der Waals surface area contributed by atoms with Crippen LogP contribution in [0.2, 0.25) is 0 Å². The molecule has 0 spiro atoms. The predicted molar refractivity (Wildman–Crippen MR) is 275 cm³/mol. The Morgan fingerprint density at radius 2 is 0.870 bits per heavy atom. The lowest BCUT2D eigenvalue weighted by Crippen LogP contribution is -2.33. The minimum absolute atomic E-state index is 0.0283. The zero-order chi connectivity index (χ0) is 52.0. The second kappa shape index (κ2) is 47.4.